The number of benzene rings is 8. The third-order valence-corrected chi connectivity index (χ3v) is 10.4. The minimum atomic E-state index is 0.943. The second-order valence-electron chi connectivity index (χ2n) is 13.0. The fourth-order valence-electron chi connectivity index (χ4n) is 8.18. The Morgan fingerprint density at radius 1 is 0.306 bits per heavy atom. The molecular weight excluding hydrogens is 595 g/mol. The second kappa shape index (κ2) is 9.96. The van der Waals surface area contributed by atoms with E-state index in [0.29, 0.717) is 0 Å². The average molecular weight is 622 g/mol. The largest absolute Gasteiger partial charge is 0.308 e. The maximum atomic E-state index is 4.73. The second-order valence-corrected chi connectivity index (χ2v) is 13.0. The van der Waals surface area contributed by atoms with Crippen LogP contribution >= 0.6 is 0 Å². The van der Waals surface area contributed by atoms with Crippen molar-refractivity contribution in [1.29, 1.82) is 0 Å². The van der Waals surface area contributed by atoms with Crippen molar-refractivity contribution in [2.45, 2.75) is 0 Å². The maximum absolute atomic E-state index is 4.73. The molecule has 0 aliphatic rings. The van der Waals surface area contributed by atoms with Gasteiger partial charge in [-0.15, -0.1) is 0 Å². The van der Waals surface area contributed by atoms with Gasteiger partial charge in [-0.3, -0.25) is 9.97 Å². The number of nitrogens with zero attached hydrogens (tertiary/aromatic N) is 3. The van der Waals surface area contributed by atoms with Gasteiger partial charge in [-0.05, 0) is 80.6 Å². The SMILES string of the molecule is c1cc(-c2cccc(-c3ccc4c(c3)c3cccc5c6ccccc6n4c53)c2)cc(-c2ccc3c(c2)c2ccccc2c2nccnc32)c1. The molecule has 3 heterocycles. The van der Waals surface area contributed by atoms with E-state index in [1.807, 2.05) is 0 Å². The standard InChI is InChI=1S/C46H27N3/c1-2-14-36-34(12-1)40-26-32(18-20-37(40)45-44(36)47-22-23-48-45)30-10-5-8-28(24-30)29-9-6-11-31(25-29)33-19-21-43-41(27-33)39-16-7-15-38-35-13-3-4-17-42(35)49(43)46(38)39/h1-27H. The van der Waals surface area contributed by atoms with Crippen LogP contribution in [0.25, 0.3) is 104 Å². The Hall–Kier alpha value is -6.58. The molecule has 3 nitrogen and oxygen atoms in total. The first kappa shape index (κ1) is 26.5. The smallest absolute Gasteiger partial charge is 0.0971 e. The number of para-hydroxylation sites is 2. The van der Waals surface area contributed by atoms with E-state index < -0.39 is 0 Å². The molecule has 0 bridgehead atoms. The number of hydrogen-bond acceptors (Lipinski definition) is 2. The van der Waals surface area contributed by atoms with E-state index in [2.05, 4.69) is 156 Å². The van der Waals surface area contributed by atoms with Crippen LogP contribution in [0.5, 0.6) is 0 Å². The van der Waals surface area contributed by atoms with Crippen molar-refractivity contribution in [2.24, 2.45) is 0 Å². The van der Waals surface area contributed by atoms with Gasteiger partial charge in [0, 0.05) is 44.7 Å². The summed E-state index contributed by atoms with van der Waals surface area (Å²) in [5, 5.41) is 9.87. The summed E-state index contributed by atoms with van der Waals surface area (Å²) >= 11 is 0. The van der Waals surface area contributed by atoms with Crippen molar-refractivity contribution in [3.8, 4) is 33.4 Å². The Kier molecular flexibility index (Phi) is 5.38. The molecule has 226 valence electrons. The summed E-state index contributed by atoms with van der Waals surface area (Å²) in [5.41, 5.74) is 12.9. The van der Waals surface area contributed by atoms with Crippen LogP contribution in [0.2, 0.25) is 0 Å². The van der Waals surface area contributed by atoms with Crippen molar-refractivity contribution < 1.29 is 0 Å². The zero-order valence-electron chi connectivity index (χ0n) is 26.4. The van der Waals surface area contributed by atoms with Gasteiger partial charge < -0.3 is 4.40 Å². The summed E-state index contributed by atoms with van der Waals surface area (Å²) < 4.78 is 2.44. The fraction of sp³-hybridized carbons (Fsp3) is 0. The van der Waals surface area contributed by atoms with Crippen molar-refractivity contribution in [2.75, 3.05) is 0 Å². The molecule has 0 saturated heterocycles. The van der Waals surface area contributed by atoms with Crippen LogP contribution in [0, 0.1) is 0 Å². The number of aromatic nitrogens is 3. The first-order valence-corrected chi connectivity index (χ1v) is 16.7. The summed E-state index contributed by atoms with van der Waals surface area (Å²) in [6.45, 7) is 0. The molecule has 3 heteroatoms. The lowest BCUT2D eigenvalue weighted by molar-refractivity contribution is 1.31. The molecule has 11 rings (SSSR count). The highest BCUT2D eigenvalue weighted by Crippen LogP contribution is 2.41. The van der Waals surface area contributed by atoms with Gasteiger partial charge in [0.05, 0.1) is 27.6 Å². The van der Waals surface area contributed by atoms with Crippen LogP contribution in [0.15, 0.2) is 164 Å². The van der Waals surface area contributed by atoms with Crippen molar-refractivity contribution >= 4 is 70.7 Å². The Morgan fingerprint density at radius 2 is 0.776 bits per heavy atom. The van der Waals surface area contributed by atoms with Crippen LogP contribution < -0.4 is 0 Å². The summed E-state index contributed by atoms with van der Waals surface area (Å²) in [6.07, 6.45) is 3.56. The number of hydrogen-bond donors (Lipinski definition) is 0. The topological polar surface area (TPSA) is 30.2 Å². The van der Waals surface area contributed by atoms with Crippen LogP contribution in [0.4, 0.5) is 0 Å². The van der Waals surface area contributed by atoms with E-state index in [0.717, 1.165) is 21.8 Å². The van der Waals surface area contributed by atoms with Crippen molar-refractivity contribution in [3.63, 3.8) is 0 Å². The molecule has 0 spiro atoms. The van der Waals surface area contributed by atoms with E-state index in [4.69, 9.17) is 9.97 Å². The molecule has 8 aromatic carbocycles. The highest BCUT2D eigenvalue weighted by Gasteiger charge is 2.17. The molecule has 0 unspecified atom stereocenters. The van der Waals surface area contributed by atoms with Gasteiger partial charge in [-0.1, -0.05) is 115 Å². The van der Waals surface area contributed by atoms with E-state index in [1.165, 1.54) is 82.2 Å². The lowest BCUT2D eigenvalue weighted by atomic mass is 9.93. The molecule has 11 aromatic rings. The normalized spacial score (nSPS) is 12.1. The van der Waals surface area contributed by atoms with Crippen LogP contribution in [-0.4, -0.2) is 14.4 Å². The lowest BCUT2D eigenvalue weighted by Gasteiger charge is -2.12. The van der Waals surface area contributed by atoms with Gasteiger partial charge in [0.2, 0.25) is 0 Å². The summed E-state index contributed by atoms with van der Waals surface area (Å²) in [6, 6.07) is 55.5. The highest BCUT2D eigenvalue weighted by atomic mass is 14.9. The third-order valence-electron chi connectivity index (χ3n) is 10.4. The molecule has 0 radical (unpaired) electrons. The van der Waals surface area contributed by atoms with E-state index in [-0.39, 0.29) is 0 Å². The molecule has 0 atom stereocenters. The van der Waals surface area contributed by atoms with E-state index in [9.17, 15) is 0 Å². The van der Waals surface area contributed by atoms with Crippen LogP contribution in [-0.2, 0) is 0 Å². The van der Waals surface area contributed by atoms with Gasteiger partial charge in [0.25, 0.3) is 0 Å². The average Bonchev–Trinajstić information content (AvgIpc) is 3.70. The van der Waals surface area contributed by atoms with Gasteiger partial charge in [-0.2, -0.15) is 0 Å². The minimum absolute atomic E-state index is 0.943. The number of fused-ring (bicyclic) bond motifs is 12. The maximum Gasteiger partial charge on any atom is 0.0971 e. The molecule has 0 N–H and O–H groups in total. The van der Waals surface area contributed by atoms with Gasteiger partial charge in [0.15, 0.2) is 0 Å². The zero-order chi connectivity index (χ0) is 32.1. The Morgan fingerprint density at radius 3 is 1.47 bits per heavy atom. The van der Waals surface area contributed by atoms with Crippen LogP contribution in [0.1, 0.15) is 0 Å². The minimum Gasteiger partial charge on any atom is -0.308 e. The molecule has 0 amide bonds. The van der Waals surface area contributed by atoms with Crippen molar-refractivity contribution in [1.82, 2.24) is 14.4 Å². The summed E-state index contributed by atoms with van der Waals surface area (Å²) in [4.78, 5) is 9.43. The van der Waals surface area contributed by atoms with Gasteiger partial charge >= 0.3 is 0 Å². The van der Waals surface area contributed by atoms with E-state index in [1.54, 1.807) is 12.4 Å². The monoisotopic (exact) mass is 621 g/mol. The third kappa shape index (κ3) is 3.78. The predicted molar refractivity (Wildman–Crippen MR) is 206 cm³/mol. The first-order valence-electron chi connectivity index (χ1n) is 16.7. The van der Waals surface area contributed by atoms with E-state index >= 15 is 0 Å². The fourth-order valence-corrected chi connectivity index (χ4v) is 8.18. The molecule has 0 fully saturated rings. The Labute approximate surface area is 281 Å². The molecule has 0 saturated carbocycles. The summed E-state index contributed by atoms with van der Waals surface area (Å²) in [7, 11) is 0. The molecule has 3 aromatic heterocycles. The van der Waals surface area contributed by atoms with Gasteiger partial charge in [0.1, 0.15) is 0 Å². The van der Waals surface area contributed by atoms with Gasteiger partial charge in [-0.25, -0.2) is 0 Å². The quantitative estimate of drug-likeness (QED) is 0.184. The Bertz CT molecular complexity index is 3080. The zero-order valence-corrected chi connectivity index (χ0v) is 26.4. The Balaban J connectivity index is 1.02. The molecule has 0 aliphatic heterocycles. The molecule has 0 aliphatic carbocycles. The van der Waals surface area contributed by atoms with Crippen LogP contribution in [0.3, 0.4) is 0 Å². The predicted octanol–water partition coefficient (Wildman–Crippen LogP) is 12.1. The molecule has 49 heavy (non-hydrogen) atoms. The highest BCUT2D eigenvalue weighted by molar-refractivity contribution is 6.24. The van der Waals surface area contributed by atoms with Crippen molar-refractivity contribution in [3.05, 3.63) is 164 Å². The lowest BCUT2D eigenvalue weighted by Crippen LogP contribution is -1.89. The first-order chi connectivity index (χ1) is 24.3. The summed E-state index contributed by atoms with van der Waals surface area (Å²) in [5.74, 6) is 0. The molecular formula is C46H27N3. The number of rotatable bonds is 3.